The van der Waals surface area contributed by atoms with Crippen LogP contribution >= 0.6 is 12.4 Å². The molecule has 0 spiro atoms. The van der Waals surface area contributed by atoms with Gasteiger partial charge in [-0.2, -0.15) is 0 Å². The average molecular weight is 329 g/mol. The highest BCUT2D eigenvalue weighted by atomic mass is 35.5. The van der Waals surface area contributed by atoms with Crippen molar-refractivity contribution in [1.82, 2.24) is 5.32 Å². The van der Waals surface area contributed by atoms with Crippen LogP contribution in [0.4, 0.5) is 0 Å². The first-order chi connectivity index (χ1) is 10.1. The fraction of sp³-hybridized carbons (Fsp3) is 0.562. The van der Waals surface area contributed by atoms with Crippen LogP contribution in [0.2, 0.25) is 0 Å². The highest BCUT2D eigenvalue weighted by Gasteiger charge is 2.39. The highest BCUT2D eigenvalue weighted by Crippen LogP contribution is 2.37. The molecule has 1 aromatic rings. The third-order valence-corrected chi connectivity index (χ3v) is 4.33. The largest absolute Gasteiger partial charge is 0.493 e. The summed E-state index contributed by atoms with van der Waals surface area (Å²) in [5.41, 5.74) is 6.44. The van der Waals surface area contributed by atoms with Gasteiger partial charge in [0.1, 0.15) is 0 Å². The number of carbonyl (C=O) groups is 1. The van der Waals surface area contributed by atoms with Crippen LogP contribution in [-0.2, 0) is 11.3 Å². The molecule has 0 aliphatic heterocycles. The van der Waals surface area contributed by atoms with E-state index in [-0.39, 0.29) is 23.7 Å². The summed E-state index contributed by atoms with van der Waals surface area (Å²) in [5.74, 6) is 1.41. The number of carbonyl (C=O) groups excluding carboxylic acids is 1. The summed E-state index contributed by atoms with van der Waals surface area (Å²) in [4.78, 5) is 12.4. The third kappa shape index (κ3) is 3.84. The molecule has 1 fully saturated rings. The molecule has 1 saturated carbocycles. The third-order valence-electron chi connectivity index (χ3n) is 4.33. The van der Waals surface area contributed by atoms with Crippen LogP contribution in [0.15, 0.2) is 18.2 Å². The van der Waals surface area contributed by atoms with E-state index < -0.39 is 0 Å². The van der Waals surface area contributed by atoms with E-state index in [0.717, 1.165) is 31.2 Å². The Morgan fingerprint density at radius 3 is 2.41 bits per heavy atom. The van der Waals surface area contributed by atoms with E-state index in [1.54, 1.807) is 14.2 Å². The fourth-order valence-electron chi connectivity index (χ4n) is 2.94. The van der Waals surface area contributed by atoms with Crippen molar-refractivity contribution in [2.45, 2.75) is 32.2 Å². The summed E-state index contributed by atoms with van der Waals surface area (Å²) >= 11 is 0. The van der Waals surface area contributed by atoms with Crippen molar-refractivity contribution in [3.63, 3.8) is 0 Å². The smallest absolute Gasteiger partial charge is 0.227 e. The number of nitrogens with two attached hydrogens (primary N) is 1. The minimum atomic E-state index is -0.365. The van der Waals surface area contributed by atoms with Gasteiger partial charge in [0.2, 0.25) is 5.91 Å². The number of methoxy groups -OCH3 is 2. The predicted octanol–water partition coefficient (Wildman–Crippen LogP) is 2.26. The first-order valence-corrected chi connectivity index (χ1v) is 7.34. The van der Waals surface area contributed by atoms with Crippen LogP contribution in [0.3, 0.4) is 0 Å². The number of nitrogens with one attached hydrogen (secondary N) is 1. The predicted molar refractivity (Wildman–Crippen MR) is 88.6 cm³/mol. The molecule has 0 unspecified atom stereocenters. The van der Waals surface area contributed by atoms with Crippen molar-refractivity contribution < 1.29 is 14.3 Å². The van der Waals surface area contributed by atoms with Crippen molar-refractivity contribution in [2.24, 2.45) is 11.1 Å². The molecule has 0 saturated heterocycles. The second kappa shape index (κ2) is 8.25. The first kappa shape index (κ1) is 18.6. The number of rotatable bonds is 6. The number of benzene rings is 1. The Balaban J connectivity index is 0.00000242. The topological polar surface area (TPSA) is 73.6 Å². The minimum absolute atomic E-state index is 0. The summed E-state index contributed by atoms with van der Waals surface area (Å²) in [6.45, 7) is 0.895. The second-order valence-electron chi connectivity index (χ2n) is 5.56. The zero-order valence-corrected chi connectivity index (χ0v) is 14.0. The summed E-state index contributed by atoms with van der Waals surface area (Å²) in [5, 5.41) is 3.01. The van der Waals surface area contributed by atoms with E-state index in [2.05, 4.69) is 5.32 Å². The van der Waals surface area contributed by atoms with Crippen LogP contribution in [0, 0.1) is 5.41 Å². The van der Waals surface area contributed by atoms with Crippen LogP contribution in [-0.4, -0.2) is 26.7 Å². The van der Waals surface area contributed by atoms with Gasteiger partial charge in [-0.25, -0.2) is 0 Å². The number of halogens is 1. The van der Waals surface area contributed by atoms with Crippen LogP contribution < -0.4 is 20.5 Å². The number of hydrogen-bond donors (Lipinski definition) is 2. The Kier molecular flexibility index (Phi) is 6.97. The number of hydrogen-bond acceptors (Lipinski definition) is 4. The van der Waals surface area contributed by atoms with E-state index in [1.165, 1.54) is 0 Å². The average Bonchev–Trinajstić information content (AvgIpc) is 3.02. The Morgan fingerprint density at radius 2 is 1.86 bits per heavy atom. The van der Waals surface area contributed by atoms with Gasteiger partial charge in [-0.15, -0.1) is 12.4 Å². The number of amides is 1. The molecule has 0 aromatic heterocycles. The molecule has 5 nitrogen and oxygen atoms in total. The molecule has 0 atom stereocenters. The monoisotopic (exact) mass is 328 g/mol. The molecule has 0 radical (unpaired) electrons. The van der Waals surface area contributed by atoms with Crippen LogP contribution in [0.25, 0.3) is 0 Å². The minimum Gasteiger partial charge on any atom is -0.493 e. The fourth-order valence-corrected chi connectivity index (χ4v) is 2.94. The van der Waals surface area contributed by atoms with Gasteiger partial charge in [-0.3, -0.25) is 4.79 Å². The lowest BCUT2D eigenvalue weighted by Gasteiger charge is -2.25. The van der Waals surface area contributed by atoms with Gasteiger partial charge in [0.25, 0.3) is 0 Å². The zero-order valence-electron chi connectivity index (χ0n) is 13.2. The van der Waals surface area contributed by atoms with E-state index in [0.29, 0.717) is 24.6 Å². The molecular weight excluding hydrogens is 304 g/mol. The summed E-state index contributed by atoms with van der Waals surface area (Å²) in [6.07, 6.45) is 3.95. The highest BCUT2D eigenvalue weighted by molar-refractivity contribution is 5.85. The first-order valence-electron chi connectivity index (χ1n) is 7.34. The number of ether oxygens (including phenoxy) is 2. The maximum Gasteiger partial charge on any atom is 0.227 e. The van der Waals surface area contributed by atoms with Gasteiger partial charge in [0.15, 0.2) is 11.5 Å². The van der Waals surface area contributed by atoms with Crippen LogP contribution in [0.1, 0.15) is 31.2 Å². The van der Waals surface area contributed by atoms with Gasteiger partial charge in [-0.1, -0.05) is 18.9 Å². The van der Waals surface area contributed by atoms with Crippen molar-refractivity contribution in [1.29, 1.82) is 0 Å². The summed E-state index contributed by atoms with van der Waals surface area (Å²) < 4.78 is 10.5. The molecule has 1 aliphatic carbocycles. The lowest BCUT2D eigenvalue weighted by Crippen LogP contribution is -2.43. The Hall–Kier alpha value is -1.46. The van der Waals surface area contributed by atoms with E-state index in [1.807, 2.05) is 18.2 Å². The molecule has 124 valence electrons. The SMILES string of the molecule is COc1ccc(CNC(=O)C2(CN)CCCC2)cc1OC.Cl. The second-order valence-corrected chi connectivity index (χ2v) is 5.56. The molecule has 1 aliphatic rings. The molecule has 2 rings (SSSR count). The Labute approximate surface area is 138 Å². The summed E-state index contributed by atoms with van der Waals surface area (Å²) in [7, 11) is 3.20. The van der Waals surface area contributed by atoms with E-state index in [4.69, 9.17) is 15.2 Å². The molecule has 6 heteroatoms. The summed E-state index contributed by atoms with van der Waals surface area (Å²) in [6, 6.07) is 5.64. The lowest BCUT2D eigenvalue weighted by atomic mass is 9.85. The molecular formula is C16H25ClN2O3. The standard InChI is InChI=1S/C16H24N2O3.ClH/c1-20-13-6-5-12(9-14(13)21-2)10-18-15(19)16(11-17)7-3-4-8-16;/h5-6,9H,3-4,7-8,10-11,17H2,1-2H3,(H,18,19);1H. The Bertz CT molecular complexity index is 502. The van der Waals surface area contributed by atoms with E-state index in [9.17, 15) is 4.79 Å². The Morgan fingerprint density at radius 1 is 1.23 bits per heavy atom. The van der Waals surface area contributed by atoms with Crippen molar-refractivity contribution >= 4 is 18.3 Å². The van der Waals surface area contributed by atoms with Gasteiger partial charge < -0.3 is 20.5 Å². The van der Waals surface area contributed by atoms with E-state index >= 15 is 0 Å². The van der Waals surface area contributed by atoms with Gasteiger partial charge >= 0.3 is 0 Å². The van der Waals surface area contributed by atoms with Crippen molar-refractivity contribution in [3.05, 3.63) is 23.8 Å². The van der Waals surface area contributed by atoms with Gasteiger partial charge in [-0.05, 0) is 30.5 Å². The maximum atomic E-state index is 12.4. The molecule has 0 heterocycles. The molecule has 3 N–H and O–H groups in total. The lowest BCUT2D eigenvalue weighted by molar-refractivity contribution is -0.130. The molecule has 0 bridgehead atoms. The van der Waals surface area contributed by atoms with Gasteiger partial charge in [0.05, 0.1) is 19.6 Å². The molecule has 1 aromatic carbocycles. The quantitative estimate of drug-likeness (QED) is 0.840. The molecule has 1 amide bonds. The molecule has 22 heavy (non-hydrogen) atoms. The van der Waals surface area contributed by atoms with Crippen LogP contribution in [0.5, 0.6) is 11.5 Å². The van der Waals surface area contributed by atoms with Crippen molar-refractivity contribution in [3.8, 4) is 11.5 Å². The zero-order chi connectivity index (χ0) is 15.3. The normalized spacial score (nSPS) is 15.8. The van der Waals surface area contributed by atoms with Gasteiger partial charge in [0, 0.05) is 13.1 Å². The maximum absolute atomic E-state index is 12.4. The van der Waals surface area contributed by atoms with Crippen molar-refractivity contribution in [2.75, 3.05) is 20.8 Å².